The van der Waals surface area contributed by atoms with Crippen LogP contribution in [0.25, 0.3) is 44.3 Å². The predicted molar refractivity (Wildman–Crippen MR) is 95.4 cm³/mol. The second kappa shape index (κ2) is 5.45. The Morgan fingerprint density at radius 3 is 2.15 bits per heavy atom. The Morgan fingerprint density at radius 2 is 1.50 bits per heavy atom. The van der Waals surface area contributed by atoms with Gasteiger partial charge in [-0.3, -0.25) is 0 Å². The number of fused-ring (bicyclic) bond motifs is 2. The van der Waals surface area contributed by atoms with Crippen LogP contribution < -0.4 is 4.74 Å². The molecule has 0 fully saturated rings. The number of ether oxygens (including phenoxy) is 1. The van der Waals surface area contributed by atoms with E-state index in [1.54, 1.807) is 19.4 Å². The van der Waals surface area contributed by atoms with Crippen LogP contribution in [0.3, 0.4) is 0 Å². The third-order valence-corrected chi connectivity index (χ3v) is 4.53. The first-order valence-corrected chi connectivity index (χ1v) is 7.99. The van der Waals surface area contributed by atoms with Crippen LogP contribution in [0.2, 0.25) is 0 Å². The number of halogens is 1. The minimum Gasteiger partial charge on any atom is -0.497 e. The number of H-pyrrole nitrogens is 2. The molecular weight excluding hydrogens is 335 g/mol. The van der Waals surface area contributed by atoms with Crippen LogP contribution in [-0.2, 0) is 0 Å². The standard InChI is InChI=1S/C19H13FN4O2/c1-25-11-3-5-17-13(7-11)15(9-22-17)19-18(23-26-24-19)14-8-21-16-4-2-10(20)6-12(14)16/h2-9,21-22H,1H3. The lowest BCUT2D eigenvalue weighted by molar-refractivity contribution is 0.310. The van der Waals surface area contributed by atoms with Crippen molar-refractivity contribution in [1.29, 1.82) is 0 Å². The molecule has 0 unspecified atom stereocenters. The summed E-state index contributed by atoms with van der Waals surface area (Å²) in [6, 6.07) is 10.3. The highest BCUT2D eigenvalue weighted by molar-refractivity contribution is 6.02. The molecule has 2 aromatic carbocycles. The first-order chi connectivity index (χ1) is 12.7. The van der Waals surface area contributed by atoms with E-state index in [9.17, 15) is 4.39 Å². The molecule has 0 bridgehead atoms. The van der Waals surface area contributed by atoms with Gasteiger partial charge in [-0.25, -0.2) is 9.02 Å². The summed E-state index contributed by atoms with van der Waals surface area (Å²) in [4.78, 5) is 6.34. The topological polar surface area (TPSA) is 79.7 Å². The molecule has 7 heteroatoms. The molecule has 0 atom stereocenters. The van der Waals surface area contributed by atoms with Gasteiger partial charge in [0.15, 0.2) is 0 Å². The SMILES string of the molecule is COc1ccc2[nH]cc(-c3nonc3-c3c[nH]c4ccc(F)cc34)c2c1. The van der Waals surface area contributed by atoms with Crippen molar-refractivity contribution in [3.63, 3.8) is 0 Å². The zero-order valence-corrected chi connectivity index (χ0v) is 13.7. The maximum absolute atomic E-state index is 13.7. The van der Waals surface area contributed by atoms with Gasteiger partial charge in [-0.2, -0.15) is 0 Å². The molecule has 5 rings (SSSR count). The number of benzene rings is 2. The van der Waals surface area contributed by atoms with Crippen LogP contribution in [-0.4, -0.2) is 27.4 Å². The lowest BCUT2D eigenvalue weighted by Gasteiger charge is -2.01. The summed E-state index contributed by atoms with van der Waals surface area (Å²) >= 11 is 0. The Balaban J connectivity index is 1.74. The first-order valence-electron chi connectivity index (χ1n) is 7.99. The summed E-state index contributed by atoms with van der Waals surface area (Å²) in [6.45, 7) is 0. The van der Waals surface area contributed by atoms with Crippen LogP contribution in [0.1, 0.15) is 0 Å². The van der Waals surface area contributed by atoms with Gasteiger partial charge in [-0.15, -0.1) is 0 Å². The monoisotopic (exact) mass is 348 g/mol. The summed E-state index contributed by atoms with van der Waals surface area (Å²) in [7, 11) is 1.62. The average Bonchev–Trinajstić information content (AvgIpc) is 3.37. The van der Waals surface area contributed by atoms with Crippen molar-refractivity contribution in [2.24, 2.45) is 0 Å². The number of aromatic nitrogens is 4. The van der Waals surface area contributed by atoms with E-state index in [1.165, 1.54) is 12.1 Å². The number of methoxy groups -OCH3 is 1. The number of aromatic amines is 2. The molecule has 6 nitrogen and oxygen atoms in total. The Bertz CT molecular complexity index is 1250. The predicted octanol–water partition coefficient (Wildman–Crippen LogP) is 4.51. The Kier molecular flexibility index (Phi) is 3.08. The number of rotatable bonds is 3. The lowest BCUT2D eigenvalue weighted by Crippen LogP contribution is -1.84. The molecule has 3 heterocycles. The Hall–Kier alpha value is -3.61. The molecule has 0 aliphatic carbocycles. The third-order valence-electron chi connectivity index (χ3n) is 4.53. The molecular formula is C19H13FN4O2. The molecule has 3 aromatic heterocycles. The van der Waals surface area contributed by atoms with Crippen LogP contribution in [0.15, 0.2) is 53.4 Å². The van der Waals surface area contributed by atoms with Crippen LogP contribution >= 0.6 is 0 Å². The quantitative estimate of drug-likeness (QED) is 0.503. The van der Waals surface area contributed by atoms with Gasteiger partial charge < -0.3 is 14.7 Å². The highest BCUT2D eigenvalue weighted by Crippen LogP contribution is 2.37. The summed E-state index contributed by atoms with van der Waals surface area (Å²) < 4.78 is 24.1. The number of hydrogen-bond donors (Lipinski definition) is 2. The maximum atomic E-state index is 13.7. The van der Waals surface area contributed by atoms with Crippen molar-refractivity contribution in [2.75, 3.05) is 7.11 Å². The average molecular weight is 348 g/mol. The second-order valence-electron chi connectivity index (χ2n) is 5.97. The van der Waals surface area contributed by atoms with Gasteiger partial charge in [-0.1, -0.05) is 0 Å². The van der Waals surface area contributed by atoms with Gasteiger partial charge in [0.1, 0.15) is 23.0 Å². The van der Waals surface area contributed by atoms with Gasteiger partial charge in [0.2, 0.25) is 0 Å². The van der Waals surface area contributed by atoms with E-state index >= 15 is 0 Å². The van der Waals surface area contributed by atoms with E-state index in [2.05, 4.69) is 20.3 Å². The van der Waals surface area contributed by atoms with Gasteiger partial charge in [0.05, 0.1) is 7.11 Å². The number of nitrogens with one attached hydrogen (secondary N) is 2. The Labute approximate surface area is 146 Å². The van der Waals surface area contributed by atoms with Crippen LogP contribution in [0.4, 0.5) is 4.39 Å². The van der Waals surface area contributed by atoms with Crippen LogP contribution in [0, 0.1) is 5.82 Å². The third kappa shape index (κ3) is 2.10. The molecule has 0 aliphatic heterocycles. The summed E-state index contributed by atoms with van der Waals surface area (Å²) in [5.41, 5.74) is 4.45. The van der Waals surface area contributed by atoms with E-state index in [-0.39, 0.29) is 5.82 Å². The minimum absolute atomic E-state index is 0.312. The first kappa shape index (κ1) is 14.7. The van der Waals surface area contributed by atoms with Gasteiger partial charge in [-0.05, 0) is 46.7 Å². The van der Waals surface area contributed by atoms with Gasteiger partial charge in [0, 0.05) is 45.3 Å². The highest BCUT2D eigenvalue weighted by atomic mass is 19.1. The second-order valence-corrected chi connectivity index (χ2v) is 5.97. The van der Waals surface area contributed by atoms with Crippen molar-refractivity contribution in [3.05, 3.63) is 54.6 Å². The highest BCUT2D eigenvalue weighted by Gasteiger charge is 2.20. The van der Waals surface area contributed by atoms with E-state index < -0.39 is 0 Å². The largest absolute Gasteiger partial charge is 0.497 e. The molecule has 0 spiro atoms. The molecule has 0 saturated heterocycles. The fourth-order valence-corrected chi connectivity index (χ4v) is 3.25. The summed E-state index contributed by atoms with van der Waals surface area (Å²) in [6.07, 6.45) is 3.63. The van der Waals surface area contributed by atoms with Crippen molar-refractivity contribution in [3.8, 4) is 28.3 Å². The lowest BCUT2D eigenvalue weighted by atomic mass is 10.0. The van der Waals surface area contributed by atoms with E-state index in [4.69, 9.17) is 9.37 Å². The van der Waals surface area contributed by atoms with E-state index in [1.807, 2.05) is 24.4 Å². The molecule has 5 aromatic rings. The smallest absolute Gasteiger partial charge is 0.145 e. The number of hydrogen-bond acceptors (Lipinski definition) is 4. The van der Waals surface area contributed by atoms with Crippen molar-refractivity contribution in [2.45, 2.75) is 0 Å². The fraction of sp³-hybridized carbons (Fsp3) is 0.0526. The van der Waals surface area contributed by atoms with Crippen molar-refractivity contribution in [1.82, 2.24) is 20.3 Å². The maximum Gasteiger partial charge on any atom is 0.145 e. The van der Waals surface area contributed by atoms with Crippen LogP contribution in [0.5, 0.6) is 5.75 Å². The summed E-state index contributed by atoms with van der Waals surface area (Å²) in [5.74, 6) is 0.429. The van der Waals surface area contributed by atoms with E-state index in [0.29, 0.717) is 11.4 Å². The zero-order valence-electron chi connectivity index (χ0n) is 13.7. The molecule has 0 radical (unpaired) electrons. The fourth-order valence-electron chi connectivity index (χ4n) is 3.25. The van der Waals surface area contributed by atoms with Gasteiger partial charge >= 0.3 is 0 Å². The minimum atomic E-state index is -0.312. The normalized spacial score (nSPS) is 11.5. The Morgan fingerprint density at radius 1 is 0.885 bits per heavy atom. The molecule has 2 N–H and O–H groups in total. The zero-order chi connectivity index (χ0) is 17.7. The van der Waals surface area contributed by atoms with Crippen molar-refractivity contribution >= 4 is 21.8 Å². The summed E-state index contributed by atoms with van der Waals surface area (Å²) in [5, 5.41) is 9.82. The molecule has 0 amide bonds. The molecule has 128 valence electrons. The number of nitrogens with zero attached hydrogens (tertiary/aromatic N) is 2. The molecule has 26 heavy (non-hydrogen) atoms. The van der Waals surface area contributed by atoms with Gasteiger partial charge in [0.25, 0.3) is 0 Å². The molecule has 0 aliphatic rings. The van der Waals surface area contributed by atoms with E-state index in [0.717, 1.165) is 38.7 Å². The van der Waals surface area contributed by atoms with Crippen molar-refractivity contribution < 1.29 is 13.8 Å². The molecule has 0 saturated carbocycles.